The largest absolute Gasteiger partial charge is 0.280 e. The van der Waals surface area contributed by atoms with Gasteiger partial charge in [0, 0.05) is 0 Å². The minimum atomic E-state index is -4.04. The van der Waals surface area contributed by atoms with Crippen molar-refractivity contribution >= 4 is 38.9 Å². The van der Waals surface area contributed by atoms with Gasteiger partial charge in [-0.1, -0.05) is 23.2 Å². The van der Waals surface area contributed by atoms with Gasteiger partial charge in [-0.05, 0) is 36.4 Å². The van der Waals surface area contributed by atoms with Gasteiger partial charge in [0.25, 0.3) is 10.0 Å². The highest BCUT2D eigenvalue weighted by atomic mass is 35.5. The molecule has 0 heterocycles. The summed E-state index contributed by atoms with van der Waals surface area (Å²) in [7, 11) is -4.04. The van der Waals surface area contributed by atoms with Crippen molar-refractivity contribution in [3.63, 3.8) is 0 Å². The zero-order valence-corrected chi connectivity index (χ0v) is 12.0. The molecule has 8 heteroatoms. The molecule has 0 saturated carbocycles. The van der Waals surface area contributed by atoms with E-state index >= 15 is 0 Å². The van der Waals surface area contributed by atoms with Crippen molar-refractivity contribution in [2.45, 2.75) is 4.90 Å². The molecule has 0 bridgehead atoms. The molecule has 106 valence electrons. The van der Waals surface area contributed by atoms with Gasteiger partial charge in [-0.3, -0.25) is 4.72 Å². The van der Waals surface area contributed by atoms with Crippen LogP contribution in [-0.4, -0.2) is 8.42 Å². The first-order valence-electron chi connectivity index (χ1n) is 5.22. The van der Waals surface area contributed by atoms with Crippen molar-refractivity contribution in [3.05, 3.63) is 58.1 Å². The Morgan fingerprint density at radius 1 is 0.900 bits per heavy atom. The molecule has 0 atom stereocenters. The van der Waals surface area contributed by atoms with Crippen LogP contribution in [-0.2, 0) is 10.0 Å². The van der Waals surface area contributed by atoms with E-state index < -0.39 is 26.6 Å². The molecule has 2 aromatic rings. The second-order valence-corrected chi connectivity index (χ2v) is 6.31. The van der Waals surface area contributed by atoms with Crippen LogP contribution in [0.3, 0.4) is 0 Å². The first kappa shape index (κ1) is 15.0. The third kappa shape index (κ3) is 3.20. The number of benzene rings is 2. The molecule has 2 aromatic carbocycles. The van der Waals surface area contributed by atoms with Gasteiger partial charge in [0.2, 0.25) is 0 Å². The molecular weight excluding hydrogens is 331 g/mol. The Labute approximate surface area is 124 Å². The van der Waals surface area contributed by atoms with Crippen LogP contribution in [0.1, 0.15) is 0 Å². The lowest BCUT2D eigenvalue weighted by Gasteiger charge is -2.09. The summed E-state index contributed by atoms with van der Waals surface area (Å²) in [5.41, 5.74) is 0.157. The molecule has 0 amide bonds. The Morgan fingerprint density at radius 3 is 2.20 bits per heavy atom. The Hall–Kier alpha value is -1.37. The molecule has 3 nitrogen and oxygen atoms in total. The molecule has 0 aliphatic rings. The molecule has 0 radical (unpaired) electrons. The summed E-state index contributed by atoms with van der Waals surface area (Å²) in [4.78, 5) is -0.400. The van der Waals surface area contributed by atoms with Gasteiger partial charge in [0.05, 0.1) is 20.6 Å². The summed E-state index contributed by atoms with van der Waals surface area (Å²) < 4.78 is 52.0. The Balaban J connectivity index is 2.35. The molecule has 0 aliphatic heterocycles. The zero-order valence-electron chi connectivity index (χ0n) is 9.70. The maximum Gasteiger partial charge on any atom is 0.261 e. The van der Waals surface area contributed by atoms with Gasteiger partial charge in [0.1, 0.15) is 0 Å². The first-order valence-corrected chi connectivity index (χ1v) is 7.46. The Bertz CT molecular complexity index is 766. The van der Waals surface area contributed by atoms with Crippen LogP contribution >= 0.6 is 23.2 Å². The van der Waals surface area contributed by atoms with E-state index in [0.29, 0.717) is 6.07 Å². The average Bonchev–Trinajstić information content (AvgIpc) is 2.37. The van der Waals surface area contributed by atoms with Gasteiger partial charge >= 0.3 is 0 Å². The molecule has 1 N–H and O–H groups in total. The number of sulfonamides is 1. The quantitative estimate of drug-likeness (QED) is 0.917. The monoisotopic (exact) mass is 337 g/mol. The fourth-order valence-corrected chi connectivity index (χ4v) is 2.78. The highest BCUT2D eigenvalue weighted by Crippen LogP contribution is 2.26. The summed E-state index contributed by atoms with van der Waals surface area (Å²) in [6.45, 7) is 0. The van der Waals surface area contributed by atoms with Gasteiger partial charge in [-0.15, -0.1) is 0 Å². The summed E-state index contributed by atoms with van der Waals surface area (Å²) >= 11 is 11.5. The molecule has 0 aliphatic carbocycles. The van der Waals surface area contributed by atoms with Crippen LogP contribution in [0.5, 0.6) is 0 Å². The summed E-state index contributed by atoms with van der Waals surface area (Å²) in [6, 6.07) is 6.39. The third-order valence-corrected chi connectivity index (χ3v) is 4.49. The molecule has 0 saturated heterocycles. The van der Waals surface area contributed by atoms with Crippen molar-refractivity contribution in [3.8, 4) is 0 Å². The van der Waals surface area contributed by atoms with E-state index in [2.05, 4.69) is 4.72 Å². The lowest BCUT2D eigenvalue weighted by atomic mass is 10.3. The number of halogens is 4. The van der Waals surface area contributed by atoms with Crippen molar-refractivity contribution in [2.75, 3.05) is 4.72 Å². The molecule has 20 heavy (non-hydrogen) atoms. The van der Waals surface area contributed by atoms with Crippen LogP contribution < -0.4 is 4.72 Å². The number of anilines is 1. The second-order valence-electron chi connectivity index (χ2n) is 3.81. The minimum Gasteiger partial charge on any atom is -0.280 e. The standard InChI is InChI=1S/C12H7Cl2F2NO2S/c13-9-3-1-7(5-10(9)14)17-20(18,19)8-2-4-11(15)12(16)6-8/h1-6,17H. The van der Waals surface area contributed by atoms with Crippen molar-refractivity contribution in [1.82, 2.24) is 0 Å². The van der Waals surface area contributed by atoms with E-state index in [1.54, 1.807) is 0 Å². The molecule has 2 rings (SSSR count). The van der Waals surface area contributed by atoms with Crippen molar-refractivity contribution < 1.29 is 17.2 Å². The topological polar surface area (TPSA) is 46.2 Å². The van der Waals surface area contributed by atoms with E-state index in [9.17, 15) is 17.2 Å². The summed E-state index contributed by atoms with van der Waals surface area (Å²) in [5, 5.41) is 0.430. The SMILES string of the molecule is O=S(=O)(Nc1ccc(Cl)c(Cl)c1)c1ccc(F)c(F)c1. The lowest BCUT2D eigenvalue weighted by Crippen LogP contribution is -2.13. The highest BCUT2D eigenvalue weighted by molar-refractivity contribution is 7.92. The van der Waals surface area contributed by atoms with Gasteiger partial charge < -0.3 is 0 Å². The summed E-state index contributed by atoms with van der Waals surface area (Å²) in [5.74, 6) is -2.37. The smallest absolute Gasteiger partial charge is 0.261 e. The van der Waals surface area contributed by atoms with Crippen LogP contribution in [0.25, 0.3) is 0 Å². The fourth-order valence-electron chi connectivity index (χ4n) is 1.42. The van der Waals surface area contributed by atoms with E-state index in [1.165, 1.54) is 18.2 Å². The van der Waals surface area contributed by atoms with Crippen LogP contribution in [0.4, 0.5) is 14.5 Å². The second kappa shape index (κ2) is 5.55. The fraction of sp³-hybridized carbons (Fsp3) is 0. The first-order chi connectivity index (χ1) is 9.29. The van der Waals surface area contributed by atoms with E-state index in [4.69, 9.17) is 23.2 Å². The normalized spacial score (nSPS) is 11.4. The number of rotatable bonds is 3. The van der Waals surface area contributed by atoms with Gasteiger partial charge in [-0.2, -0.15) is 0 Å². The molecule has 0 aromatic heterocycles. The number of nitrogens with one attached hydrogen (secondary N) is 1. The third-order valence-electron chi connectivity index (χ3n) is 2.37. The van der Waals surface area contributed by atoms with E-state index in [-0.39, 0.29) is 15.7 Å². The van der Waals surface area contributed by atoms with Crippen LogP contribution in [0.15, 0.2) is 41.3 Å². The maximum atomic E-state index is 13.1. The number of hydrogen-bond donors (Lipinski definition) is 1. The minimum absolute atomic E-state index is 0.157. The van der Waals surface area contributed by atoms with Crippen molar-refractivity contribution in [1.29, 1.82) is 0 Å². The predicted molar refractivity (Wildman–Crippen MR) is 73.6 cm³/mol. The molecule has 0 fully saturated rings. The molecule has 0 spiro atoms. The zero-order chi connectivity index (χ0) is 14.9. The molecular formula is C12H7Cl2F2NO2S. The lowest BCUT2D eigenvalue weighted by molar-refractivity contribution is 0.504. The van der Waals surface area contributed by atoms with E-state index in [0.717, 1.165) is 12.1 Å². The predicted octanol–water partition coefficient (Wildman–Crippen LogP) is 4.07. The average molecular weight is 338 g/mol. The Morgan fingerprint density at radius 2 is 1.60 bits per heavy atom. The van der Waals surface area contributed by atoms with E-state index in [1.807, 2.05) is 0 Å². The van der Waals surface area contributed by atoms with Crippen molar-refractivity contribution in [2.24, 2.45) is 0 Å². The summed E-state index contributed by atoms with van der Waals surface area (Å²) in [6.07, 6.45) is 0. The number of hydrogen-bond acceptors (Lipinski definition) is 2. The van der Waals surface area contributed by atoms with Gasteiger partial charge in [0.15, 0.2) is 11.6 Å². The van der Waals surface area contributed by atoms with Crippen LogP contribution in [0, 0.1) is 11.6 Å². The van der Waals surface area contributed by atoms with Crippen LogP contribution in [0.2, 0.25) is 10.0 Å². The maximum absolute atomic E-state index is 13.1. The highest BCUT2D eigenvalue weighted by Gasteiger charge is 2.17. The molecule has 0 unspecified atom stereocenters. The van der Waals surface area contributed by atoms with Gasteiger partial charge in [-0.25, -0.2) is 17.2 Å². The Kier molecular flexibility index (Phi) is 4.17.